The van der Waals surface area contributed by atoms with Crippen molar-refractivity contribution in [3.8, 4) is 33.4 Å². The van der Waals surface area contributed by atoms with Crippen LogP contribution in [-0.4, -0.2) is 70.6 Å². The summed E-state index contributed by atoms with van der Waals surface area (Å²) in [5.41, 5.74) is 8.32. The first-order valence-electron chi connectivity index (χ1n) is 19.6. The molecule has 0 N–H and O–H groups in total. The molecule has 11 heteroatoms. The highest BCUT2D eigenvalue weighted by molar-refractivity contribution is 6.71. The van der Waals surface area contributed by atoms with Crippen molar-refractivity contribution in [2.24, 2.45) is 0 Å². The molecule has 9 aromatic carbocycles. The number of nitrogens with zero attached hydrogens (tertiary/aromatic N) is 1. The van der Waals surface area contributed by atoms with Crippen LogP contribution in [0.15, 0.2) is 150 Å². The normalized spacial score (nSPS) is 11.5. The number of rotatable bonds is 6. The van der Waals surface area contributed by atoms with Gasteiger partial charge in [0.15, 0.2) is 0 Å². The summed E-state index contributed by atoms with van der Waals surface area (Å²) in [5, 5.41) is 6.37. The number of anilines is 3. The Balaban J connectivity index is 1.23. The topological polar surface area (TPSA) is 16.4 Å². The van der Waals surface area contributed by atoms with E-state index in [2.05, 4.69) is 78.9 Å². The molecule has 0 atom stereocenters. The third-order valence-electron chi connectivity index (χ3n) is 11.8. The van der Waals surface area contributed by atoms with Crippen molar-refractivity contribution in [3.63, 3.8) is 0 Å². The highest BCUT2D eigenvalue weighted by atomic mass is 16.3. The van der Waals surface area contributed by atoms with Crippen molar-refractivity contribution in [1.82, 2.24) is 0 Å². The highest BCUT2D eigenvalue weighted by Crippen LogP contribution is 2.45. The number of hydrogen-bond acceptors (Lipinski definition) is 2. The predicted octanol–water partition coefficient (Wildman–Crippen LogP) is 3.51. The molecule has 0 aliphatic heterocycles. The van der Waals surface area contributed by atoms with Crippen LogP contribution in [0.3, 0.4) is 0 Å². The zero-order valence-corrected chi connectivity index (χ0v) is 32.9. The van der Waals surface area contributed by atoms with E-state index in [4.69, 9.17) is 75.0 Å². The second-order valence-corrected chi connectivity index (χ2v) is 15.2. The second-order valence-electron chi connectivity index (χ2n) is 15.2. The first-order chi connectivity index (χ1) is 29.5. The molecule has 0 amide bonds. The van der Waals surface area contributed by atoms with Crippen molar-refractivity contribution >= 4 is 180 Å². The number of furan rings is 1. The molecule has 2 nitrogen and oxygen atoms in total. The van der Waals surface area contributed by atoms with Crippen molar-refractivity contribution < 1.29 is 4.42 Å². The van der Waals surface area contributed by atoms with Gasteiger partial charge in [0, 0.05) is 33.1 Å². The van der Waals surface area contributed by atoms with Gasteiger partial charge in [-0.2, -0.15) is 0 Å². The van der Waals surface area contributed by atoms with Gasteiger partial charge in [0.1, 0.15) is 81.8 Å². The molecule has 0 fully saturated rings. The van der Waals surface area contributed by atoms with E-state index in [9.17, 15) is 0 Å². The maximum Gasteiger partial charge on any atom is 0.143 e. The summed E-state index contributed by atoms with van der Waals surface area (Å²) in [6, 6.07) is 49.4. The van der Waals surface area contributed by atoms with Gasteiger partial charge in [-0.25, -0.2) is 0 Å². The Kier molecular flexibility index (Phi) is 9.55. The second kappa shape index (κ2) is 15.0. The summed E-state index contributed by atoms with van der Waals surface area (Å²) in [4.78, 5) is 1.98. The number of benzene rings is 9. The van der Waals surface area contributed by atoms with Crippen LogP contribution in [0.5, 0.6) is 0 Å². The lowest BCUT2D eigenvalue weighted by molar-refractivity contribution is 0.673. The van der Waals surface area contributed by atoms with E-state index in [0.29, 0.717) is 5.69 Å². The van der Waals surface area contributed by atoms with Crippen molar-refractivity contribution in [3.05, 3.63) is 146 Å². The summed E-state index contributed by atoms with van der Waals surface area (Å²) in [6.45, 7) is 0. The van der Waals surface area contributed by atoms with Gasteiger partial charge < -0.3 is 9.32 Å². The minimum Gasteiger partial charge on any atom is -0.455 e. The summed E-state index contributed by atoms with van der Waals surface area (Å²) in [7, 11) is 60.1. The molecule has 10 aromatic rings. The Morgan fingerprint density at radius 1 is 0.377 bits per heavy atom. The van der Waals surface area contributed by atoms with Gasteiger partial charge in [-0.3, -0.25) is 0 Å². The molecular weight excluding hydrogens is 728 g/mol. The maximum absolute atomic E-state index is 7.15. The van der Waals surface area contributed by atoms with E-state index in [1.807, 2.05) is 71.6 Å². The van der Waals surface area contributed by atoms with Crippen LogP contribution in [-0.2, 0) is 0 Å². The van der Waals surface area contributed by atoms with E-state index < -0.39 is 0 Å². The van der Waals surface area contributed by atoms with E-state index in [-0.39, 0.29) is 60.3 Å². The standard InChI is InChI=1S/C50H24B9NO/c51-40-38(41(52)45(56)46(57)44(40)55)39-42(53)47(58)49(48(59)43(39)54)60(30-21-18-26(19-22-30)29-17-16-25-8-1-2-10-28(25)24-29)35-14-6-5-12-32(35)33-13-7-15-36-37(33)34-23-20-27-9-3-4-11-31(27)50(34)61-36/h1-24H. The predicted molar refractivity (Wildman–Crippen MR) is 268 cm³/mol. The van der Waals surface area contributed by atoms with Gasteiger partial charge in [-0.05, 0) is 80.4 Å². The Bertz CT molecular complexity index is 3380. The van der Waals surface area contributed by atoms with Crippen LogP contribution >= 0.6 is 0 Å². The fourth-order valence-corrected chi connectivity index (χ4v) is 8.68. The molecule has 1 heterocycles. The molecule has 0 saturated carbocycles. The fraction of sp³-hybridized carbons (Fsp3) is 0. The molecule has 262 valence electrons. The van der Waals surface area contributed by atoms with E-state index in [1.165, 1.54) is 0 Å². The lowest BCUT2D eigenvalue weighted by Gasteiger charge is -2.35. The Morgan fingerprint density at radius 3 is 1.62 bits per heavy atom. The van der Waals surface area contributed by atoms with Gasteiger partial charge >= 0.3 is 0 Å². The lowest BCUT2D eigenvalue weighted by atomic mass is 9.56. The molecule has 1 aromatic heterocycles. The van der Waals surface area contributed by atoms with Crippen LogP contribution in [0.4, 0.5) is 17.1 Å². The number of hydrogen-bond donors (Lipinski definition) is 0. The van der Waals surface area contributed by atoms with Crippen molar-refractivity contribution in [1.29, 1.82) is 0 Å². The minimum absolute atomic E-state index is 0.0396. The van der Waals surface area contributed by atoms with Crippen LogP contribution in [0.2, 0.25) is 0 Å². The molecule has 10 rings (SSSR count). The highest BCUT2D eigenvalue weighted by Gasteiger charge is 2.26. The van der Waals surface area contributed by atoms with Gasteiger partial charge in [-0.1, -0.05) is 142 Å². The van der Waals surface area contributed by atoms with Gasteiger partial charge in [0.2, 0.25) is 0 Å². The SMILES string of the molecule is [B]c1c([B])c([B])c(-c2c([B])c([B])c(N(c3ccc(-c4ccc5ccccc5c4)cc3)c3ccccc3-c3cccc4oc5c6ccccc6ccc5c34)c([B])c2[B])c([B])c1[B]. The average Bonchev–Trinajstić information content (AvgIpc) is 3.69. The Labute approximate surface area is 366 Å². The largest absolute Gasteiger partial charge is 0.455 e. The molecule has 18 radical (unpaired) electrons. The average molecular weight is 752 g/mol. The van der Waals surface area contributed by atoms with Crippen LogP contribution in [0, 0.1) is 0 Å². The third-order valence-corrected chi connectivity index (χ3v) is 11.8. The number of fused-ring (bicyclic) bond motifs is 6. The molecular formula is C50H24B9NO. The number of para-hydroxylation sites is 1. The van der Waals surface area contributed by atoms with Gasteiger partial charge in [0.05, 0.1) is 5.69 Å². The van der Waals surface area contributed by atoms with E-state index in [1.54, 1.807) is 0 Å². The molecule has 0 saturated heterocycles. The van der Waals surface area contributed by atoms with Gasteiger partial charge in [0.25, 0.3) is 0 Å². The summed E-state index contributed by atoms with van der Waals surface area (Å²) in [5.74, 6) is 0. The molecule has 0 aliphatic rings. The van der Waals surface area contributed by atoms with Gasteiger partial charge in [-0.15, -0.1) is 16.4 Å². The molecule has 0 unspecified atom stereocenters. The van der Waals surface area contributed by atoms with E-state index in [0.717, 1.165) is 77.1 Å². The van der Waals surface area contributed by atoms with Crippen LogP contribution < -0.4 is 54.1 Å². The third kappa shape index (κ3) is 6.15. The monoisotopic (exact) mass is 753 g/mol. The summed E-state index contributed by atoms with van der Waals surface area (Å²) < 4.78 is 6.62. The first kappa shape index (κ1) is 38.9. The Morgan fingerprint density at radius 2 is 0.918 bits per heavy atom. The quantitative estimate of drug-likeness (QED) is 0.242. The molecule has 61 heavy (non-hydrogen) atoms. The fourth-order valence-electron chi connectivity index (χ4n) is 8.68. The first-order valence-corrected chi connectivity index (χ1v) is 19.6. The molecule has 0 spiro atoms. The zero-order chi connectivity index (χ0) is 42.3. The molecule has 0 aliphatic carbocycles. The van der Waals surface area contributed by atoms with Crippen molar-refractivity contribution in [2.75, 3.05) is 4.90 Å². The van der Waals surface area contributed by atoms with Crippen molar-refractivity contribution in [2.45, 2.75) is 0 Å². The Hall–Kier alpha value is -6.32. The smallest absolute Gasteiger partial charge is 0.143 e. The minimum atomic E-state index is 0.0396. The zero-order valence-electron chi connectivity index (χ0n) is 32.9. The molecule has 0 bridgehead atoms. The van der Waals surface area contributed by atoms with E-state index >= 15 is 0 Å². The summed E-state index contributed by atoms with van der Waals surface area (Å²) in [6.07, 6.45) is 0. The van der Waals surface area contributed by atoms with Crippen LogP contribution in [0.25, 0.3) is 76.9 Å². The maximum atomic E-state index is 7.15. The lowest BCUT2D eigenvalue weighted by Crippen LogP contribution is -2.57. The summed E-state index contributed by atoms with van der Waals surface area (Å²) >= 11 is 0. The van der Waals surface area contributed by atoms with Crippen LogP contribution in [0.1, 0.15) is 0 Å².